The smallest absolute Gasteiger partial charge is 0.305 e. The molecular formula is C28H56O5. The number of hydrogen-bond donors (Lipinski definition) is 0. The summed E-state index contributed by atoms with van der Waals surface area (Å²) in [5.74, 6) is -0.105. The molecule has 0 aliphatic carbocycles. The first-order valence-electron chi connectivity index (χ1n) is 14.2. The maximum absolute atomic E-state index is 11.7. The standard InChI is InChI=1S/C28H56O5/c1-3-5-7-9-11-13-15-17-21-30-24-26-32-27-25-31-22-19-20-28(29)33-23-18-16-14-12-10-8-6-4-2/h3-27H2,1-2H3. The summed E-state index contributed by atoms with van der Waals surface area (Å²) in [6.45, 7) is 8.88. The van der Waals surface area contributed by atoms with Crippen LogP contribution in [0.2, 0.25) is 0 Å². The number of rotatable bonds is 28. The Morgan fingerprint density at radius 2 is 0.788 bits per heavy atom. The summed E-state index contributed by atoms with van der Waals surface area (Å²) in [7, 11) is 0. The van der Waals surface area contributed by atoms with Gasteiger partial charge in [0.2, 0.25) is 0 Å². The Bertz CT molecular complexity index is 375. The van der Waals surface area contributed by atoms with Crippen LogP contribution in [0, 0.1) is 0 Å². The van der Waals surface area contributed by atoms with Crippen molar-refractivity contribution in [3.63, 3.8) is 0 Å². The van der Waals surface area contributed by atoms with Gasteiger partial charge in [0.05, 0.1) is 33.0 Å². The molecule has 5 nitrogen and oxygen atoms in total. The molecule has 0 saturated carbocycles. The molecule has 0 heterocycles. The zero-order valence-corrected chi connectivity index (χ0v) is 22.2. The average Bonchev–Trinajstić information content (AvgIpc) is 2.82. The highest BCUT2D eigenvalue weighted by molar-refractivity contribution is 5.69. The number of hydrogen-bond acceptors (Lipinski definition) is 5. The molecule has 0 bridgehead atoms. The molecule has 0 N–H and O–H groups in total. The van der Waals surface area contributed by atoms with E-state index in [1.807, 2.05) is 0 Å². The van der Waals surface area contributed by atoms with Gasteiger partial charge < -0.3 is 18.9 Å². The van der Waals surface area contributed by atoms with Gasteiger partial charge in [-0.05, 0) is 19.3 Å². The van der Waals surface area contributed by atoms with Gasteiger partial charge in [0.15, 0.2) is 0 Å². The highest BCUT2D eigenvalue weighted by Crippen LogP contribution is 2.09. The third-order valence-corrected chi connectivity index (χ3v) is 5.82. The van der Waals surface area contributed by atoms with Gasteiger partial charge in [0.1, 0.15) is 0 Å². The van der Waals surface area contributed by atoms with Crippen LogP contribution in [0.4, 0.5) is 0 Å². The minimum Gasteiger partial charge on any atom is -0.466 e. The summed E-state index contributed by atoms with van der Waals surface area (Å²) in [5, 5.41) is 0. The Balaban J connectivity index is 3.12. The van der Waals surface area contributed by atoms with Crippen LogP contribution in [0.25, 0.3) is 0 Å². The van der Waals surface area contributed by atoms with Crippen LogP contribution < -0.4 is 0 Å². The Morgan fingerprint density at radius 3 is 1.27 bits per heavy atom. The first-order valence-corrected chi connectivity index (χ1v) is 14.2. The van der Waals surface area contributed by atoms with Crippen molar-refractivity contribution < 1.29 is 23.7 Å². The Kier molecular flexibility index (Phi) is 28.8. The van der Waals surface area contributed by atoms with E-state index in [1.165, 1.54) is 83.5 Å². The van der Waals surface area contributed by atoms with Crippen molar-refractivity contribution in [2.24, 2.45) is 0 Å². The zero-order chi connectivity index (χ0) is 24.1. The summed E-state index contributed by atoms with van der Waals surface area (Å²) >= 11 is 0. The quantitative estimate of drug-likeness (QED) is 0.0865. The number of carbonyl (C=O) groups excluding carboxylic acids is 1. The number of ether oxygens (including phenoxy) is 4. The summed E-state index contributed by atoms with van der Waals surface area (Å²) in [4.78, 5) is 11.7. The van der Waals surface area contributed by atoms with Gasteiger partial charge in [-0.25, -0.2) is 0 Å². The summed E-state index contributed by atoms with van der Waals surface area (Å²) in [6.07, 6.45) is 21.8. The molecule has 0 unspecified atom stereocenters. The average molecular weight is 473 g/mol. The SMILES string of the molecule is CCCCCCCCCCOCCOCCOCCCC(=O)OCCCCCCCCCC. The Morgan fingerprint density at radius 1 is 0.424 bits per heavy atom. The van der Waals surface area contributed by atoms with Gasteiger partial charge in [-0.15, -0.1) is 0 Å². The van der Waals surface area contributed by atoms with Crippen LogP contribution in [0.15, 0.2) is 0 Å². The highest BCUT2D eigenvalue weighted by Gasteiger charge is 2.02. The van der Waals surface area contributed by atoms with Gasteiger partial charge in [-0.2, -0.15) is 0 Å². The van der Waals surface area contributed by atoms with Crippen molar-refractivity contribution in [2.45, 2.75) is 129 Å². The number of esters is 1. The van der Waals surface area contributed by atoms with Crippen LogP contribution >= 0.6 is 0 Å². The Hall–Kier alpha value is -0.650. The van der Waals surface area contributed by atoms with Crippen molar-refractivity contribution in [3.05, 3.63) is 0 Å². The molecule has 0 atom stereocenters. The second kappa shape index (κ2) is 29.4. The van der Waals surface area contributed by atoms with Gasteiger partial charge in [0, 0.05) is 19.6 Å². The molecule has 5 heteroatoms. The lowest BCUT2D eigenvalue weighted by Crippen LogP contribution is -2.11. The van der Waals surface area contributed by atoms with E-state index < -0.39 is 0 Å². The fourth-order valence-electron chi connectivity index (χ4n) is 3.69. The predicted molar refractivity (Wildman–Crippen MR) is 138 cm³/mol. The van der Waals surface area contributed by atoms with Crippen molar-refractivity contribution in [1.29, 1.82) is 0 Å². The van der Waals surface area contributed by atoms with E-state index in [1.54, 1.807) is 0 Å². The lowest BCUT2D eigenvalue weighted by atomic mass is 10.1. The largest absolute Gasteiger partial charge is 0.466 e. The van der Waals surface area contributed by atoms with Crippen LogP contribution in [0.1, 0.15) is 129 Å². The first kappa shape index (κ1) is 32.4. The first-order chi connectivity index (χ1) is 16.3. The van der Waals surface area contributed by atoms with E-state index in [-0.39, 0.29) is 5.97 Å². The molecule has 0 fully saturated rings. The molecule has 0 aromatic rings. The van der Waals surface area contributed by atoms with Gasteiger partial charge in [-0.3, -0.25) is 4.79 Å². The fraction of sp³-hybridized carbons (Fsp3) is 0.964. The number of unbranched alkanes of at least 4 members (excludes halogenated alkanes) is 14. The minimum absolute atomic E-state index is 0.105. The Labute approximate surface area is 205 Å². The van der Waals surface area contributed by atoms with E-state index in [0.717, 1.165) is 25.9 Å². The molecule has 0 aliphatic heterocycles. The van der Waals surface area contributed by atoms with Crippen molar-refractivity contribution in [1.82, 2.24) is 0 Å². The molecule has 0 aliphatic rings. The lowest BCUT2D eigenvalue weighted by molar-refractivity contribution is -0.144. The van der Waals surface area contributed by atoms with Crippen molar-refractivity contribution >= 4 is 5.97 Å². The van der Waals surface area contributed by atoms with Gasteiger partial charge in [0.25, 0.3) is 0 Å². The molecule has 0 radical (unpaired) electrons. The molecule has 0 aromatic carbocycles. The summed E-state index contributed by atoms with van der Waals surface area (Å²) < 4.78 is 21.9. The third-order valence-electron chi connectivity index (χ3n) is 5.82. The van der Waals surface area contributed by atoms with E-state index in [2.05, 4.69) is 13.8 Å². The molecule has 0 amide bonds. The van der Waals surface area contributed by atoms with Crippen molar-refractivity contribution in [3.8, 4) is 0 Å². The van der Waals surface area contributed by atoms with Crippen LogP contribution in [-0.2, 0) is 23.7 Å². The molecule has 33 heavy (non-hydrogen) atoms. The third kappa shape index (κ3) is 29.3. The van der Waals surface area contributed by atoms with E-state index >= 15 is 0 Å². The molecule has 0 aromatic heterocycles. The van der Waals surface area contributed by atoms with Gasteiger partial charge in [-0.1, -0.05) is 104 Å². The fourth-order valence-corrected chi connectivity index (χ4v) is 3.69. The molecule has 198 valence electrons. The maximum Gasteiger partial charge on any atom is 0.305 e. The highest BCUT2D eigenvalue weighted by atomic mass is 16.5. The second-order valence-corrected chi connectivity index (χ2v) is 9.11. The lowest BCUT2D eigenvalue weighted by Gasteiger charge is -2.07. The second-order valence-electron chi connectivity index (χ2n) is 9.11. The van der Waals surface area contributed by atoms with Gasteiger partial charge >= 0.3 is 5.97 Å². The molecule has 0 spiro atoms. The number of carbonyl (C=O) groups is 1. The van der Waals surface area contributed by atoms with Crippen molar-refractivity contribution in [2.75, 3.05) is 46.2 Å². The molecular weight excluding hydrogens is 416 g/mol. The molecule has 0 saturated heterocycles. The minimum atomic E-state index is -0.105. The van der Waals surface area contributed by atoms with Crippen LogP contribution in [0.3, 0.4) is 0 Å². The normalized spacial score (nSPS) is 11.2. The zero-order valence-electron chi connectivity index (χ0n) is 22.2. The predicted octanol–water partition coefficient (Wildman–Crippen LogP) is 7.64. The summed E-state index contributed by atoms with van der Waals surface area (Å²) in [5.41, 5.74) is 0. The van der Waals surface area contributed by atoms with E-state index in [0.29, 0.717) is 52.5 Å². The topological polar surface area (TPSA) is 54.0 Å². The van der Waals surface area contributed by atoms with Crippen LogP contribution in [-0.4, -0.2) is 52.2 Å². The van der Waals surface area contributed by atoms with Crippen LogP contribution in [0.5, 0.6) is 0 Å². The summed E-state index contributed by atoms with van der Waals surface area (Å²) in [6, 6.07) is 0. The maximum atomic E-state index is 11.7. The molecule has 0 rings (SSSR count). The monoisotopic (exact) mass is 472 g/mol. The van der Waals surface area contributed by atoms with E-state index in [9.17, 15) is 4.79 Å². The van der Waals surface area contributed by atoms with E-state index in [4.69, 9.17) is 18.9 Å².